The number of nitrogens with one attached hydrogen (secondary N) is 2. The standard InChI is InChI=1S/C23H30N4O3S/c1-5-17-13-18-22(26-15(4)27-23(18)31-17)25-14-21(28)24-11-10-16-8-9-19(29-6-2)20(12-16)30-7-3/h8-9,12-13H,5-7,10-11,14H2,1-4H3,(H,24,28)(H,25,26,27). The van der Waals surface area contributed by atoms with Crippen molar-refractivity contribution < 1.29 is 14.3 Å². The molecule has 166 valence electrons. The van der Waals surface area contributed by atoms with Crippen LogP contribution in [-0.2, 0) is 17.6 Å². The van der Waals surface area contributed by atoms with Crippen LogP contribution in [-0.4, -0.2) is 42.2 Å². The Morgan fingerprint density at radius 2 is 1.84 bits per heavy atom. The number of nitrogens with zero attached hydrogens (tertiary/aromatic N) is 2. The van der Waals surface area contributed by atoms with E-state index < -0.39 is 0 Å². The molecule has 0 saturated carbocycles. The first-order valence-electron chi connectivity index (χ1n) is 10.7. The first-order chi connectivity index (χ1) is 15.0. The SMILES string of the molecule is CCOc1ccc(CCNC(=O)CNc2nc(C)nc3sc(CC)cc23)cc1OCC. The highest BCUT2D eigenvalue weighted by Crippen LogP contribution is 2.30. The highest BCUT2D eigenvalue weighted by Gasteiger charge is 2.11. The van der Waals surface area contributed by atoms with Crippen LogP contribution in [0.25, 0.3) is 10.2 Å². The second-order valence-electron chi connectivity index (χ2n) is 7.01. The molecule has 8 heteroatoms. The summed E-state index contributed by atoms with van der Waals surface area (Å²) in [6, 6.07) is 7.99. The molecule has 3 aromatic rings. The summed E-state index contributed by atoms with van der Waals surface area (Å²) in [4.78, 5) is 23.5. The van der Waals surface area contributed by atoms with Gasteiger partial charge >= 0.3 is 0 Å². The number of thiophene rings is 1. The number of ether oxygens (including phenoxy) is 2. The zero-order valence-electron chi connectivity index (χ0n) is 18.6. The van der Waals surface area contributed by atoms with Crippen LogP contribution < -0.4 is 20.1 Å². The Morgan fingerprint density at radius 3 is 2.58 bits per heavy atom. The molecule has 0 aliphatic carbocycles. The number of anilines is 1. The monoisotopic (exact) mass is 442 g/mol. The molecule has 0 radical (unpaired) electrons. The van der Waals surface area contributed by atoms with Gasteiger partial charge < -0.3 is 20.1 Å². The molecule has 2 aromatic heterocycles. The van der Waals surface area contributed by atoms with Crippen molar-refractivity contribution in [3.8, 4) is 11.5 Å². The molecule has 31 heavy (non-hydrogen) atoms. The number of amides is 1. The Bertz CT molecular complexity index is 1040. The summed E-state index contributed by atoms with van der Waals surface area (Å²) < 4.78 is 11.3. The van der Waals surface area contributed by atoms with Gasteiger partial charge in [-0.25, -0.2) is 9.97 Å². The van der Waals surface area contributed by atoms with Crippen LogP contribution in [0.1, 0.15) is 37.0 Å². The lowest BCUT2D eigenvalue weighted by Crippen LogP contribution is -2.31. The molecule has 0 atom stereocenters. The predicted molar refractivity (Wildman–Crippen MR) is 126 cm³/mol. The zero-order valence-corrected chi connectivity index (χ0v) is 19.4. The van der Waals surface area contributed by atoms with Crippen LogP contribution in [0.15, 0.2) is 24.3 Å². The lowest BCUT2D eigenvalue weighted by Gasteiger charge is -2.13. The number of aryl methyl sites for hydroxylation is 2. The molecule has 1 aromatic carbocycles. The van der Waals surface area contributed by atoms with Gasteiger partial charge in [0.15, 0.2) is 11.5 Å². The highest BCUT2D eigenvalue weighted by molar-refractivity contribution is 7.18. The van der Waals surface area contributed by atoms with Crippen molar-refractivity contribution in [2.75, 3.05) is 31.6 Å². The summed E-state index contributed by atoms with van der Waals surface area (Å²) in [5.74, 6) is 2.81. The van der Waals surface area contributed by atoms with Gasteiger partial charge in [-0.1, -0.05) is 13.0 Å². The zero-order chi connectivity index (χ0) is 22.2. The minimum Gasteiger partial charge on any atom is -0.490 e. The highest BCUT2D eigenvalue weighted by atomic mass is 32.1. The fourth-order valence-electron chi connectivity index (χ4n) is 3.21. The first kappa shape index (κ1) is 22.8. The minimum absolute atomic E-state index is 0.0775. The number of hydrogen-bond donors (Lipinski definition) is 2. The molecule has 2 N–H and O–H groups in total. The Hall–Kier alpha value is -2.87. The van der Waals surface area contributed by atoms with E-state index in [2.05, 4.69) is 33.6 Å². The molecule has 7 nitrogen and oxygen atoms in total. The van der Waals surface area contributed by atoms with Crippen LogP contribution >= 0.6 is 11.3 Å². The molecular weight excluding hydrogens is 412 g/mol. The van der Waals surface area contributed by atoms with Crippen molar-refractivity contribution in [1.29, 1.82) is 0 Å². The van der Waals surface area contributed by atoms with E-state index in [1.807, 2.05) is 39.0 Å². The van der Waals surface area contributed by atoms with E-state index in [4.69, 9.17) is 9.47 Å². The van der Waals surface area contributed by atoms with Crippen LogP contribution in [0.5, 0.6) is 11.5 Å². The molecule has 0 spiro atoms. The van der Waals surface area contributed by atoms with E-state index in [0.717, 1.165) is 33.7 Å². The summed E-state index contributed by atoms with van der Waals surface area (Å²) in [6.07, 6.45) is 1.66. The number of hydrogen-bond acceptors (Lipinski definition) is 7. The first-order valence-corrected chi connectivity index (χ1v) is 11.5. The van der Waals surface area contributed by atoms with E-state index in [1.165, 1.54) is 4.88 Å². The smallest absolute Gasteiger partial charge is 0.239 e. The summed E-state index contributed by atoms with van der Waals surface area (Å²) in [5, 5.41) is 7.10. The fraction of sp³-hybridized carbons (Fsp3) is 0.435. The van der Waals surface area contributed by atoms with Gasteiger partial charge in [0.05, 0.1) is 25.1 Å². The van der Waals surface area contributed by atoms with Crippen molar-refractivity contribution in [3.05, 3.63) is 40.5 Å². The lowest BCUT2D eigenvalue weighted by molar-refractivity contribution is -0.119. The number of rotatable bonds is 11. The topological polar surface area (TPSA) is 85.4 Å². The van der Waals surface area contributed by atoms with Gasteiger partial charge in [0.2, 0.25) is 5.91 Å². The van der Waals surface area contributed by atoms with E-state index >= 15 is 0 Å². The van der Waals surface area contributed by atoms with E-state index in [1.54, 1.807) is 11.3 Å². The van der Waals surface area contributed by atoms with Gasteiger partial charge in [-0.05, 0) is 57.4 Å². The molecule has 0 bridgehead atoms. The maximum Gasteiger partial charge on any atom is 0.239 e. The quantitative estimate of drug-likeness (QED) is 0.464. The maximum absolute atomic E-state index is 12.3. The van der Waals surface area contributed by atoms with Crippen molar-refractivity contribution in [1.82, 2.24) is 15.3 Å². The molecule has 0 aliphatic rings. The molecule has 0 unspecified atom stereocenters. The molecule has 3 rings (SSSR count). The van der Waals surface area contributed by atoms with Gasteiger partial charge in [0, 0.05) is 11.4 Å². The third-order valence-electron chi connectivity index (χ3n) is 4.66. The number of carbonyl (C=O) groups excluding carboxylic acids is 1. The van der Waals surface area contributed by atoms with Gasteiger partial charge in [-0.2, -0.15) is 0 Å². The van der Waals surface area contributed by atoms with Crippen molar-refractivity contribution in [2.24, 2.45) is 0 Å². The van der Waals surface area contributed by atoms with Crippen LogP contribution in [0, 0.1) is 6.92 Å². The Morgan fingerprint density at radius 1 is 1.06 bits per heavy atom. The fourth-order valence-corrected chi connectivity index (χ4v) is 4.22. The molecule has 0 aliphatic heterocycles. The second-order valence-corrected chi connectivity index (χ2v) is 8.12. The molecular formula is C23H30N4O3S. The third-order valence-corrected chi connectivity index (χ3v) is 5.84. The normalized spacial score (nSPS) is 10.8. The third kappa shape index (κ3) is 6.07. The lowest BCUT2D eigenvalue weighted by atomic mass is 10.1. The Balaban J connectivity index is 1.54. The Labute approximate surface area is 187 Å². The summed E-state index contributed by atoms with van der Waals surface area (Å²) in [5.41, 5.74) is 1.08. The summed E-state index contributed by atoms with van der Waals surface area (Å²) in [6.45, 7) is 9.74. The van der Waals surface area contributed by atoms with Gasteiger partial charge in [0.1, 0.15) is 16.5 Å². The van der Waals surface area contributed by atoms with Crippen LogP contribution in [0.2, 0.25) is 0 Å². The summed E-state index contributed by atoms with van der Waals surface area (Å²) in [7, 11) is 0. The van der Waals surface area contributed by atoms with E-state index in [9.17, 15) is 4.79 Å². The molecule has 2 heterocycles. The second kappa shape index (κ2) is 10.9. The summed E-state index contributed by atoms with van der Waals surface area (Å²) >= 11 is 1.67. The van der Waals surface area contributed by atoms with Crippen molar-refractivity contribution >= 4 is 33.3 Å². The van der Waals surface area contributed by atoms with E-state index in [-0.39, 0.29) is 12.5 Å². The van der Waals surface area contributed by atoms with Crippen molar-refractivity contribution in [3.63, 3.8) is 0 Å². The predicted octanol–water partition coefficient (Wildman–Crippen LogP) is 4.13. The number of aromatic nitrogens is 2. The van der Waals surface area contributed by atoms with Crippen LogP contribution in [0.3, 0.4) is 0 Å². The number of benzene rings is 1. The Kier molecular flexibility index (Phi) is 8.06. The van der Waals surface area contributed by atoms with Gasteiger partial charge in [-0.15, -0.1) is 11.3 Å². The van der Waals surface area contributed by atoms with Gasteiger partial charge in [-0.3, -0.25) is 4.79 Å². The molecule has 1 amide bonds. The minimum atomic E-state index is -0.0775. The van der Waals surface area contributed by atoms with Crippen LogP contribution in [0.4, 0.5) is 5.82 Å². The van der Waals surface area contributed by atoms with Crippen molar-refractivity contribution in [2.45, 2.75) is 40.5 Å². The number of carbonyl (C=O) groups is 1. The molecule has 0 fully saturated rings. The van der Waals surface area contributed by atoms with E-state index in [0.29, 0.717) is 37.8 Å². The van der Waals surface area contributed by atoms with Gasteiger partial charge in [0.25, 0.3) is 0 Å². The average Bonchev–Trinajstić information content (AvgIpc) is 3.17. The number of fused-ring (bicyclic) bond motifs is 1. The molecule has 0 saturated heterocycles. The average molecular weight is 443 g/mol. The maximum atomic E-state index is 12.3. The largest absolute Gasteiger partial charge is 0.490 e.